The third kappa shape index (κ3) is 3.98. The van der Waals surface area contributed by atoms with Gasteiger partial charge < -0.3 is 9.64 Å². The van der Waals surface area contributed by atoms with Crippen LogP contribution in [0, 0.1) is 0 Å². The van der Waals surface area contributed by atoms with Crippen molar-refractivity contribution in [1.29, 1.82) is 0 Å². The van der Waals surface area contributed by atoms with Gasteiger partial charge in [0.25, 0.3) is 0 Å². The van der Waals surface area contributed by atoms with Gasteiger partial charge in [0.15, 0.2) is 0 Å². The average Bonchev–Trinajstić information content (AvgIpc) is 3.58. The van der Waals surface area contributed by atoms with Crippen LogP contribution < -0.4 is 4.74 Å². The smallest absolute Gasteiger partial charge is 0.233 e. The molecule has 1 amide bonds. The molecule has 1 aromatic carbocycles. The number of thioether (sulfide) groups is 1. The van der Waals surface area contributed by atoms with E-state index < -0.39 is 0 Å². The van der Waals surface area contributed by atoms with Gasteiger partial charge in [-0.05, 0) is 69.6 Å². The molecule has 4 heterocycles. The minimum Gasteiger partial charge on any atom is -0.497 e. The van der Waals surface area contributed by atoms with Crippen LogP contribution in [0.1, 0.15) is 21.4 Å². The first-order chi connectivity index (χ1) is 15.2. The SMILES string of the molecule is COc1ccc(-n2nnnc2SCC(=O)N2CCc3sccc3C2c2cccs2)cc1. The van der Waals surface area contributed by atoms with Crippen molar-refractivity contribution in [3.8, 4) is 11.4 Å². The molecule has 0 bridgehead atoms. The first kappa shape index (κ1) is 20.2. The highest BCUT2D eigenvalue weighted by molar-refractivity contribution is 7.99. The van der Waals surface area contributed by atoms with E-state index in [1.807, 2.05) is 35.2 Å². The third-order valence-corrected chi connectivity index (χ3v) is 8.01. The Bertz CT molecular complexity index is 1170. The summed E-state index contributed by atoms with van der Waals surface area (Å²) in [7, 11) is 1.63. The molecule has 0 saturated carbocycles. The first-order valence-electron chi connectivity index (χ1n) is 9.69. The van der Waals surface area contributed by atoms with E-state index in [4.69, 9.17) is 4.74 Å². The third-order valence-electron chi connectivity index (χ3n) is 5.18. The van der Waals surface area contributed by atoms with Gasteiger partial charge in [-0.3, -0.25) is 4.79 Å². The quantitative estimate of drug-likeness (QED) is 0.397. The van der Waals surface area contributed by atoms with E-state index in [-0.39, 0.29) is 17.7 Å². The van der Waals surface area contributed by atoms with Gasteiger partial charge in [0.1, 0.15) is 5.75 Å². The number of hydrogen-bond donors (Lipinski definition) is 0. The van der Waals surface area contributed by atoms with E-state index in [0.29, 0.717) is 5.16 Å². The topological polar surface area (TPSA) is 73.1 Å². The van der Waals surface area contributed by atoms with Crippen LogP contribution in [0.5, 0.6) is 5.75 Å². The Labute approximate surface area is 191 Å². The van der Waals surface area contributed by atoms with Crippen molar-refractivity contribution in [1.82, 2.24) is 25.1 Å². The second-order valence-corrected chi connectivity index (χ2v) is 9.84. The maximum absolute atomic E-state index is 13.3. The standard InChI is InChI=1S/C21H19N5O2S3/c1-28-15-6-4-14(5-7-15)26-21(22-23-24-26)31-13-19(27)25-10-8-17-16(9-12-30-17)20(25)18-3-2-11-29-18/h2-7,9,11-12,20H,8,10,13H2,1H3. The zero-order valence-corrected chi connectivity index (χ0v) is 19.1. The normalized spacial score (nSPS) is 15.6. The summed E-state index contributed by atoms with van der Waals surface area (Å²) >= 11 is 4.82. The molecule has 31 heavy (non-hydrogen) atoms. The molecule has 1 atom stereocenters. The number of fused-ring (bicyclic) bond motifs is 1. The molecule has 0 radical (unpaired) electrons. The van der Waals surface area contributed by atoms with Crippen LogP contribution in [0.2, 0.25) is 0 Å². The highest BCUT2D eigenvalue weighted by Crippen LogP contribution is 2.39. The molecule has 1 aliphatic rings. The molecule has 158 valence electrons. The van der Waals surface area contributed by atoms with Crippen LogP contribution in [0.4, 0.5) is 0 Å². The minimum atomic E-state index is -0.0133. The Kier molecular flexibility index (Phi) is 5.75. The van der Waals surface area contributed by atoms with Gasteiger partial charge in [0, 0.05) is 16.3 Å². The predicted octanol–water partition coefficient (Wildman–Crippen LogP) is 4.06. The fraction of sp³-hybridized carbons (Fsp3) is 0.238. The number of carbonyl (C=O) groups is 1. The summed E-state index contributed by atoms with van der Waals surface area (Å²) < 4.78 is 6.85. The Balaban J connectivity index is 1.34. The first-order valence-corrected chi connectivity index (χ1v) is 12.4. The second-order valence-electron chi connectivity index (χ2n) is 6.91. The molecule has 1 unspecified atom stereocenters. The predicted molar refractivity (Wildman–Crippen MR) is 122 cm³/mol. The lowest BCUT2D eigenvalue weighted by atomic mass is 9.98. The van der Waals surface area contributed by atoms with Crippen LogP contribution in [0.3, 0.4) is 0 Å². The summed E-state index contributed by atoms with van der Waals surface area (Å²) in [4.78, 5) is 17.8. The number of carbonyl (C=O) groups excluding carboxylic acids is 1. The van der Waals surface area contributed by atoms with E-state index in [9.17, 15) is 4.79 Å². The Morgan fingerprint density at radius 1 is 1.19 bits per heavy atom. The van der Waals surface area contributed by atoms with E-state index in [1.54, 1.807) is 34.5 Å². The van der Waals surface area contributed by atoms with Crippen LogP contribution in [0.25, 0.3) is 5.69 Å². The molecule has 4 aromatic rings. The Morgan fingerprint density at radius 2 is 2.06 bits per heavy atom. The van der Waals surface area contributed by atoms with Gasteiger partial charge in [-0.15, -0.1) is 27.8 Å². The molecule has 5 rings (SSSR count). The zero-order valence-electron chi connectivity index (χ0n) is 16.7. The number of ether oxygens (including phenoxy) is 1. The Hall–Kier alpha value is -2.69. The lowest BCUT2D eigenvalue weighted by Gasteiger charge is -2.35. The lowest BCUT2D eigenvalue weighted by Crippen LogP contribution is -2.40. The summed E-state index contributed by atoms with van der Waals surface area (Å²) in [6.45, 7) is 0.721. The molecule has 0 fully saturated rings. The summed E-state index contributed by atoms with van der Waals surface area (Å²) in [6.07, 6.45) is 0.898. The van der Waals surface area contributed by atoms with Crippen molar-refractivity contribution in [3.05, 3.63) is 68.5 Å². The minimum absolute atomic E-state index is 0.0133. The van der Waals surface area contributed by atoms with Gasteiger partial charge in [-0.25, -0.2) is 0 Å². The van der Waals surface area contributed by atoms with Crippen molar-refractivity contribution in [2.24, 2.45) is 0 Å². The molecule has 1 aliphatic heterocycles. The molecular weight excluding hydrogens is 450 g/mol. The van der Waals surface area contributed by atoms with Gasteiger partial charge in [0.2, 0.25) is 11.1 Å². The van der Waals surface area contributed by atoms with Crippen molar-refractivity contribution in [3.63, 3.8) is 0 Å². The van der Waals surface area contributed by atoms with Crippen molar-refractivity contribution < 1.29 is 9.53 Å². The molecule has 0 aliphatic carbocycles. The summed E-state index contributed by atoms with van der Waals surface area (Å²) in [6, 6.07) is 13.8. The van der Waals surface area contributed by atoms with Crippen LogP contribution in [-0.2, 0) is 11.2 Å². The maximum atomic E-state index is 13.3. The number of methoxy groups -OCH3 is 1. The highest BCUT2D eigenvalue weighted by Gasteiger charge is 2.33. The lowest BCUT2D eigenvalue weighted by molar-refractivity contribution is -0.130. The molecular formula is C21H19N5O2S3. The van der Waals surface area contributed by atoms with Gasteiger partial charge in [-0.1, -0.05) is 17.8 Å². The van der Waals surface area contributed by atoms with Crippen LogP contribution in [0.15, 0.2) is 58.4 Å². The summed E-state index contributed by atoms with van der Waals surface area (Å²) in [5.41, 5.74) is 2.07. The number of hydrogen-bond acceptors (Lipinski definition) is 8. The maximum Gasteiger partial charge on any atom is 0.233 e. The zero-order chi connectivity index (χ0) is 21.2. The van der Waals surface area contributed by atoms with Gasteiger partial charge >= 0.3 is 0 Å². The molecule has 0 saturated heterocycles. The number of amides is 1. The number of nitrogens with zero attached hydrogens (tertiary/aromatic N) is 5. The number of aromatic nitrogens is 4. The van der Waals surface area contributed by atoms with Crippen molar-refractivity contribution >= 4 is 40.3 Å². The average molecular weight is 470 g/mol. The molecule has 3 aromatic heterocycles. The number of rotatable bonds is 6. The van der Waals surface area contributed by atoms with E-state index in [2.05, 4.69) is 38.4 Å². The highest BCUT2D eigenvalue weighted by atomic mass is 32.2. The van der Waals surface area contributed by atoms with E-state index in [1.165, 1.54) is 27.1 Å². The number of thiophene rings is 2. The molecule has 0 N–H and O–H groups in total. The Morgan fingerprint density at radius 3 is 2.84 bits per heavy atom. The van der Waals surface area contributed by atoms with Crippen molar-refractivity contribution in [2.75, 3.05) is 19.4 Å². The van der Waals surface area contributed by atoms with E-state index >= 15 is 0 Å². The fourth-order valence-corrected chi connectivity index (χ4v) is 6.24. The van der Waals surface area contributed by atoms with Gasteiger partial charge in [-0.2, -0.15) is 4.68 Å². The van der Waals surface area contributed by atoms with Gasteiger partial charge in [0.05, 0.1) is 24.6 Å². The largest absolute Gasteiger partial charge is 0.497 e. The molecule has 7 nitrogen and oxygen atoms in total. The van der Waals surface area contributed by atoms with Crippen LogP contribution >= 0.6 is 34.4 Å². The summed E-state index contributed by atoms with van der Waals surface area (Å²) in [5.74, 6) is 1.13. The fourth-order valence-electron chi connectivity index (χ4n) is 3.70. The molecule has 10 heteroatoms. The van der Waals surface area contributed by atoms with Crippen LogP contribution in [-0.4, -0.2) is 50.4 Å². The van der Waals surface area contributed by atoms with Crippen molar-refractivity contribution in [2.45, 2.75) is 17.6 Å². The summed E-state index contributed by atoms with van der Waals surface area (Å²) in [5, 5.41) is 16.8. The number of benzene rings is 1. The number of tetrazole rings is 1. The second kappa shape index (κ2) is 8.81. The molecule has 0 spiro atoms. The van der Waals surface area contributed by atoms with E-state index in [0.717, 1.165) is 24.4 Å². The monoisotopic (exact) mass is 469 g/mol.